The molecule has 3 aliphatic heterocycles. The quantitative estimate of drug-likeness (QED) is 0.505. The molecule has 2 fully saturated rings. The minimum atomic E-state index is -0.338. The van der Waals surface area contributed by atoms with Gasteiger partial charge in [0.2, 0.25) is 0 Å². The van der Waals surface area contributed by atoms with Gasteiger partial charge in [-0.2, -0.15) is 0 Å². The van der Waals surface area contributed by atoms with Gasteiger partial charge < -0.3 is 15.6 Å². The minimum absolute atomic E-state index is 0.0970. The van der Waals surface area contributed by atoms with Gasteiger partial charge in [-0.25, -0.2) is 19.2 Å². The van der Waals surface area contributed by atoms with Crippen LogP contribution in [0, 0.1) is 17.6 Å². The van der Waals surface area contributed by atoms with Crippen molar-refractivity contribution in [2.75, 3.05) is 29.9 Å². The van der Waals surface area contributed by atoms with Gasteiger partial charge in [-0.1, -0.05) is 23.7 Å². The molecule has 6 nitrogen and oxygen atoms in total. The summed E-state index contributed by atoms with van der Waals surface area (Å²) in [5.74, 6) is 0.459. The van der Waals surface area contributed by atoms with E-state index in [2.05, 4.69) is 32.9 Å². The minimum Gasteiger partial charge on any atom is -0.369 e. The lowest BCUT2D eigenvalue weighted by atomic mass is 9.87. The zero-order chi connectivity index (χ0) is 24.5. The monoisotopic (exact) mass is 502 g/mol. The van der Waals surface area contributed by atoms with Crippen LogP contribution in [0.5, 0.6) is 0 Å². The number of nitrogens with one attached hydrogen (secondary N) is 3. The topological polar surface area (TPSA) is 55.5 Å². The number of likely N-dealkylation sites (tertiary alicyclic amines) is 1. The standard InChI is InChI=1S/C26H33ClF2N6/c1-16-11-24(33-32-16)31-23-14-22(34-8-4-9-34)26(29)21(30-23)13-18-7-10-35(17(2)12-18)15-19-5-3-6-20(27)25(19)28/h3,5-6,11,14,17-18,24,32-33H,4,7-10,12-13,15H2,1-2H3,(H,30,31)/t17-,18?,24?/m1/s1. The van der Waals surface area contributed by atoms with Crippen molar-refractivity contribution in [3.05, 3.63) is 64.0 Å². The summed E-state index contributed by atoms with van der Waals surface area (Å²) in [6.45, 7) is 7.25. The summed E-state index contributed by atoms with van der Waals surface area (Å²) in [6.07, 6.45) is 5.45. The van der Waals surface area contributed by atoms with Crippen LogP contribution in [-0.4, -0.2) is 41.7 Å². The number of halogens is 3. The van der Waals surface area contributed by atoms with E-state index < -0.39 is 0 Å². The van der Waals surface area contributed by atoms with Gasteiger partial charge in [0.1, 0.15) is 17.8 Å². The van der Waals surface area contributed by atoms with E-state index in [9.17, 15) is 4.39 Å². The van der Waals surface area contributed by atoms with Crippen LogP contribution in [-0.2, 0) is 13.0 Å². The summed E-state index contributed by atoms with van der Waals surface area (Å²) in [5, 5.41) is 3.52. The lowest BCUT2D eigenvalue weighted by Crippen LogP contribution is -2.41. The third-order valence-electron chi connectivity index (χ3n) is 7.36. The zero-order valence-corrected chi connectivity index (χ0v) is 21.0. The molecular weight excluding hydrogens is 470 g/mol. The first-order valence-corrected chi connectivity index (χ1v) is 12.8. The molecule has 0 bridgehead atoms. The number of allylic oxidation sites excluding steroid dienone is 1. The van der Waals surface area contributed by atoms with Crippen molar-refractivity contribution in [1.29, 1.82) is 0 Å². The molecule has 2 aromatic rings. The molecule has 1 aromatic heterocycles. The molecule has 5 rings (SSSR count). The van der Waals surface area contributed by atoms with Gasteiger partial charge in [-0.15, -0.1) is 0 Å². The van der Waals surface area contributed by atoms with Gasteiger partial charge in [0.15, 0.2) is 5.82 Å². The number of hydrazine groups is 1. The Hall–Kier alpha value is -2.42. The molecule has 3 atom stereocenters. The first-order chi connectivity index (χ1) is 16.9. The van der Waals surface area contributed by atoms with Gasteiger partial charge in [-0.3, -0.25) is 4.90 Å². The maximum Gasteiger partial charge on any atom is 0.168 e. The van der Waals surface area contributed by atoms with Crippen LogP contribution in [0.15, 0.2) is 36.0 Å². The van der Waals surface area contributed by atoms with E-state index in [1.54, 1.807) is 18.2 Å². The lowest BCUT2D eigenvalue weighted by Gasteiger charge is -2.38. The normalized spacial score (nSPS) is 24.7. The zero-order valence-electron chi connectivity index (χ0n) is 20.3. The summed E-state index contributed by atoms with van der Waals surface area (Å²) >= 11 is 5.96. The van der Waals surface area contributed by atoms with Gasteiger partial charge in [-0.05, 0) is 64.1 Å². The van der Waals surface area contributed by atoms with Crippen LogP contribution in [0.25, 0.3) is 0 Å². The van der Waals surface area contributed by atoms with E-state index >= 15 is 4.39 Å². The molecular formula is C26H33ClF2N6. The Balaban J connectivity index is 1.28. The fourth-order valence-corrected chi connectivity index (χ4v) is 5.42. The number of piperidine rings is 1. The molecule has 188 valence electrons. The Kier molecular flexibility index (Phi) is 7.14. The van der Waals surface area contributed by atoms with Crippen molar-refractivity contribution in [2.45, 2.75) is 58.3 Å². The lowest BCUT2D eigenvalue weighted by molar-refractivity contribution is 0.113. The second kappa shape index (κ2) is 10.3. The highest BCUT2D eigenvalue weighted by Crippen LogP contribution is 2.33. The fourth-order valence-electron chi connectivity index (χ4n) is 5.23. The molecule has 2 saturated heterocycles. The fraction of sp³-hybridized carbons (Fsp3) is 0.500. The van der Waals surface area contributed by atoms with Crippen LogP contribution in [0.4, 0.5) is 20.3 Å². The molecule has 4 heterocycles. The number of hydrogen-bond donors (Lipinski definition) is 3. The summed E-state index contributed by atoms with van der Waals surface area (Å²) in [5.41, 5.74) is 9.03. The van der Waals surface area contributed by atoms with E-state index in [0.717, 1.165) is 44.6 Å². The molecule has 0 aliphatic carbocycles. The Morgan fingerprint density at radius 1 is 1.20 bits per heavy atom. The average molecular weight is 503 g/mol. The summed E-state index contributed by atoms with van der Waals surface area (Å²) < 4.78 is 30.0. The number of nitrogens with zero attached hydrogens (tertiary/aromatic N) is 3. The molecule has 3 aliphatic rings. The molecule has 9 heteroatoms. The maximum absolute atomic E-state index is 15.6. The molecule has 3 N–H and O–H groups in total. The Morgan fingerprint density at radius 3 is 2.71 bits per heavy atom. The predicted molar refractivity (Wildman–Crippen MR) is 136 cm³/mol. The molecule has 0 saturated carbocycles. The van der Waals surface area contributed by atoms with Crippen molar-refractivity contribution >= 4 is 23.1 Å². The van der Waals surface area contributed by atoms with Crippen molar-refractivity contribution < 1.29 is 8.78 Å². The number of pyridine rings is 1. The van der Waals surface area contributed by atoms with Gasteiger partial charge in [0, 0.05) is 43.0 Å². The second-order valence-corrected chi connectivity index (χ2v) is 10.4. The third kappa shape index (κ3) is 5.39. The summed E-state index contributed by atoms with van der Waals surface area (Å²) in [4.78, 5) is 9.07. The Morgan fingerprint density at radius 2 is 2.03 bits per heavy atom. The predicted octanol–water partition coefficient (Wildman–Crippen LogP) is 4.82. The second-order valence-electron chi connectivity index (χ2n) is 10.00. The molecule has 0 spiro atoms. The van der Waals surface area contributed by atoms with Crippen molar-refractivity contribution in [2.24, 2.45) is 5.92 Å². The van der Waals surface area contributed by atoms with Crippen LogP contribution in [0.3, 0.4) is 0 Å². The first-order valence-electron chi connectivity index (χ1n) is 12.4. The van der Waals surface area contributed by atoms with Crippen molar-refractivity contribution in [1.82, 2.24) is 20.7 Å². The Bertz CT molecular complexity index is 1110. The third-order valence-corrected chi connectivity index (χ3v) is 7.65. The Labute approximate surface area is 210 Å². The van der Waals surface area contributed by atoms with E-state index in [1.165, 1.54) is 0 Å². The number of benzene rings is 1. The van der Waals surface area contributed by atoms with E-state index in [0.29, 0.717) is 41.6 Å². The molecule has 2 unspecified atom stereocenters. The van der Waals surface area contributed by atoms with Crippen LogP contribution >= 0.6 is 11.6 Å². The van der Waals surface area contributed by atoms with Gasteiger partial charge >= 0.3 is 0 Å². The van der Waals surface area contributed by atoms with Crippen LogP contribution in [0.2, 0.25) is 5.02 Å². The van der Waals surface area contributed by atoms with Gasteiger partial charge in [0.25, 0.3) is 0 Å². The largest absolute Gasteiger partial charge is 0.369 e. The van der Waals surface area contributed by atoms with Crippen molar-refractivity contribution in [3.63, 3.8) is 0 Å². The summed E-state index contributed by atoms with van der Waals surface area (Å²) in [7, 11) is 0. The van der Waals surface area contributed by atoms with E-state index in [-0.39, 0.29) is 28.9 Å². The number of anilines is 2. The van der Waals surface area contributed by atoms with Crippen LogP contribution in [0.1, 0.15) is 44.4 Å². The maximum atomic E-state index is 15.6. The van der Waals surface area contributed by atoms with Gasteiger partial charge in [0.05, 0.1) is 16.4 Å². The number of rotatable bonds is 7. The van der Waals surface area contributed by atoms with E-state index in [4.69, 9.17) is 16.6 Å². The molecule has 35 heavy (non-hydrogen) atoms. The highest BCUT2D eigenvalue weighted by molar-refractivity contribution is 6.30. The smallest absolute Gasteiger partial charge is 0.168 e. The molecule has 0 radical (unpaired) electrons. The highest BCUT2D eigenvalue weighted by atomic mass is 35.5. The SMILES string of the molecule is CC1=CC(Nc2cc(N3CCC3)c(F)c(CC3CCN(Cc4cccc(Cl)c4F)[C@H](C)C3)n2)NN1. The van der Waals surface area contributed by atoms with E-state index in [1.807, 2.05) is 19.1 Å². The summed E-state index contributed by atoms with van der Waals surface area (Å²) in [6, 6.07) is 7.24. The van der Waals surface area contributed by atoms with Crippen LogP contribution < -0.4 is 21.1 Å². The average Bonchev–Trinajstić information content (AvgIpc) is 3.19. The molecule has 1 aromatic carbocycles. The first kappa shape index (κ1) is 24.3. The molecule has 0 amide bonds. The highest BCUT2D eigenvalue weighted by Gasteiger charge is 2.29. The van der Waals surface area contributed by atoms with Crippen molar-refractivity contribution in [3.8, 4) is 0 Å². The number of aromatic nitrogens is 1. The number of hydrogen-bond acceptors (Lipinski definition) is 6.